The Balaban J connectivity index is 1.60. The predicted molar refractivity (Wildman–Crippen MR) is 83.8 cm³/mol. The maximum absolute atomic E-state index is 4.56. The number of nitrogens with zero attached hydrogens (tertiary/aromatic N) is 3. The van der Waals surface area contributed by atoms with E-state index in [2.05, 4.69) is 36.5 Å². The number of imidazole rings is 1. The number of hydrogen-bond donors (Lipinski definition) is 2. The number of aromatic nitrogens is 2. The molecule has 106 valence electrons. The molecule has 1 aliphatic carbocycles. The van der Waals surface area contributed by atoms with Gasteiger partial charge in [-0.25, -0.2) is 4.98 Å². The van der Waals surface area contributed by atoms with E-state index in [0.717, 1.165) is 34.2 Å². The SMILES string of the molecule is CN=C(NCc1cn2cc(Br)ccc2n1)NCC1CC1. The van der Waals surface area contributed by atoms with Gasteiger partial charge in [-0.05, 0) is 46.8 Å². The molecule has 2 heterocycles. The van der Waals surface area contributed by atoms with Gasteiger partial charge < -0.3 is 15.0 Å². The van der Waals surface area contributed by atoms with Crippen molar-refractivity contribution in [1.82, 2.24) is 20.0 Å². The molecular formula is C14H18BrN5. The Morgan fingerprint density at radius 1 is 1.40 bits per heavy atom. The van der Waals surface area contributed by atoms with E-state index in [1.165, 1.54) is 12.8 Å². The molecule has 0 saturated heterocycles. The van der Waals surface area contributed by atoms with E-state index in [0.29, 0.717) is 6.54 Å². The van der Waals surface area contributed by atoms with E-state index < -0.39 is 0 Å². The van der Waals surface area contributed by atoms with E-state index in [9.17, 15) is 0 Å². The van der Waals surface area contributed by atoms with Gasteiger partial charge in [0, 0.05) is 30.5 Å². The minimum Gasteiger partial charge on any atom is -0.356 e. The number of rotatable bonds is 4. The quantitative estimate of drug-likeness (QED) is 0.665. The molecule has 20 heavy (non-hydrogen) atoms. The molecular weight excluding hydrogens is 318 g/mol. The van der Waals surface area contributed by atoms with E-state index >= 15 is 0 Å². The predicted octanol–water partition coefficient (Wildman–Crippen LogP) is 2.17. The normalized spacial score (nSPS) is 15.6. The fourth-order valence-electron chi connectivity index (χ4n) is 2.06. The van der Waals surface area contributed by atoms with E-state index in [4.69, 9.17) is 0 Å². The lowest BCUT2D eigenvalue weighted by Crippen LogP contribution is -2.37. The molecule has 1 aliphatic rings. The first-order valence-corrected chi connectivity index (χ1v) is 7.61. The topological polar surface area (TPSA) is 53.7 Å². The molecule has 1 saturated carbocycles. The van der Waals surface area contributed by atoms with Crippen LogP contribution in [0.2, 0.25) is 0 Å². The van der Waals surface area contributed by atoms with Crippen LogP contribution in [0.15, 0.2) is 34.0 Å². The molecule has 0 amide bonds. The third kappa shape index (κ3) is 3.30. The second-order valence-electron chi connectivity index (χ2n) is 5.10. The van der Waals surface area contributed by atoms with Gasteiger partial charge in [0.1, 0.15) is 5.65 Å². The summed E-state index contributed by atoms with van der Waals surface area (Å²) in [7, 11) is 1.79. The second-order valence-corrected chi connectivity index (χ2v) is 6.01. The summed E-state index contributed by atoms with van der Waals surface area (Å²) in [6.07, 6.45) is 6.71. The lowest BCUT2D eigenvalue weighted by Gasteiger charge is -2.09. The molecule has 3 rings (SSSR count). The van der Waals surface area contributed by atoms with E-state index in [1.54, 1.807) is 7.05 Å². The molecule has 0 aromatic carbocycles. The molecule has 2 aromatic rings. The highest BCUT2D eigenvalue weighted by atomic mass is 79.9. The summed E-state index contributed by atoms with van der Waals surface area (Å²) >= 11 is 3.46. The molecule has 1 fully saturated rings. The van der Waals surface area contributed by atoms with Crippen LogP contribution in [0.1, 0.15) is 18.5 Å². The van der Waals surface area contributed by atoms with Gasteiger partial charge >= 0.3 is 0 Å². The van der Waals surface area contributed by atoms with Crippen molar-refractivity contribution in [1.29, 1.82) is 0 Å². The zero-order chi connectivity index (χ0) is 13.9. The van der Waals surface area contributed by atoms with Gasteiger partial charge in [-0.15, -0.1) is 0 Å². The van der Waals surface area contributed by atoms with Gasteiger partial charge in [0.2, 0.25) is 0 Å². The summed E-state index contributed by atoms with van der Waals surface area (Å²) in [4.78, 5) is 8.79. The Morgan fingerprint density at radius 3 is 3.00 bits per heavy atom. The molecule has 0 radical (unpaired) electrons. The fraction of sp³-hybridized carbons (Fsp3) is 0.429. The highest BCUT2D eigenvalue weighted by Gasteiger charge is 2.21. The van der Waals surface area contributed by atoms with E-state index in [1.807, 2.05) is 28.9 Å². The van der Waals surface area contributed by atoms with Crippen molar-refractivity contribution in [3.63, 3.8) is 0 Å². The lowest BCUT2D eigenvalue weighted by atomic mass is 10.4. The number of fused-ring (bicyclic) bond motifs is 1. The van der Waals surface area contributed by atoms with Crippen molar-refractivity contribution < 1.29 is 0 Å². The van der Waals surface area contributed by atoms with Crippen LogP contribution in [0.3, 0.4) is 0 Å². The smallest absolute Gasteiger partial charge is 0.191 e. The van der Waals surface area contributed by atoms with Gasteiger partial charge in [0.15, 0.2) is 5.96 Å². The van der Waals surface area contributed by atoms with E-state index in [-0.39, 0.29) is 0 Å². The maximum atomic E-state index is 4.56. The summed E-state index contributed by atoms with van der Waals surface area (Å²) in [5.74, 6) is 1.68. The van der Waals surface area contributed by atoms with Crippen LogP contribution in [0.25, 0.3) is 5.65 Å². The first-order chi connectivity index (χ1) is 9.74. The van der Waals surface area contributed by atoms with Crippen LogP contribution in [-0.4, -0.2) is 28.9 Å². The Kier molecular flexibility index (Phi) is 3.91. The van der Waals surface area contributed by atoms with Crippen molar-refractivity contribution in [2.24, 2.45) is 10.9 Å². The van der Waals surface area contributed by atoms with Crippen molar-refractivity contribution in [3.05, 3.63) is 34.7 Å². The summed E-state index contributed by atoms with van der Waals surface area (Å²) in [5, 5.41) is 6.64. The molecule has 0 spiro atoms. The summed E-state index contributed by atoms with van der Waals surface area (Å²) in [6, 6.07) is 3.99. The monoisotopic (exact) mass is 335 g/mol. The minimum absolute atomic E-state index is 0.670. The van der Waals surface area contributed by atoms with Crippen LogP contribution in [0, 0.1) is 5.92 Å². The molecule has 6 heteroatoms. The minimum atomic E-state index is 0.670. The van der Waals surface area contributed by atoms with Gasteiger partial charge in [-0.3, -0.25) is 4.99 Å². The summed E-state index contributed by atoms with van der Waals surface area (Å²) in [6.45, 7) is 1.68. The fourth-order valence-corrected chi connectivity index (χ4v) is 2.41. The lowest BCUT2D eigenvalue weighted by molar-refractivity contribution is 0.734. The Hall–Kier alpha value is -1.56. The average molecular weight is 336 g/mol. The van der Waals surface area contributed by atoms with Crippen molar-refractivity contribution in [2.45, 2.75) is 19.4 Å². The van der Waals surface area contributed by atoms with Gasteiger partial charge in [0.25, 0.3) is 0 Å². The largest absolute Gasteiger partial charge is 0.356 e. The molecule has 5 nitrogen and oxygen atoms in total. The Bertz CT molecular complexity index is 630. The Morgan fingerprint density at radius 2 is 2.25 bits per heavy atom. The molecule has 2 aromatic heterocycles. The first-order valence-electron chi connectivity index (χ1n) is 6.82. The molecule has 0 atom stereocenters. The van der Waals surface area contributed by atoms with Crippen LogP contribution in [-0.2, 0) is 6.54 Å². The Labute approximate surface area is 126 Å². The number of aliphatic imine (C=N–C) groups is 1. The standard InChI is InChI=1S/C14H18BrN5/c1-16-14(17-6-10-2-3-10)18-7-12-9-20-8-11(15)4-5-13(20)19-12/h4-5,8-10H,2-3,6-7H2,1H3,(H2,16,17,18). The molecule has 0 aliphatic heterocycles. The molecule has 0 bridgehead atoms. The van der Waals surface area contributed by atoms with Gasteiger partial charge in [0.05, 0.1) is 12.2 Å². The highest BCUT2D eigenvalue weighted by molar-refractivity contribution is 9.10. The van der Waals surface area contributed by atoms with Crippen molar-refractivity contribution in [3.8, 4) is 0 Å². The third-order valence-electron chi connectivity index (χ3n) is 3.38. The maximum Gasteiger partial charge on any atom is 0.191 e. The number of guanidine groups is 1. The number of nitrogens with one attached hydrogen (secondary N) is 2. The van der Waals surface area contributed by atoms with Crippen LogP contribution >= 0.6 is 15.9 Å². The van der Waals surface area contributed by atoms with Gasteiger partial charge in [-0.2, -0.15) is 0 Å². The first kappa shape index (κ1) is 13.4. The van der Waals surface area contributed by atoms with Crippen molar-refractivity contribution in [2.75, 3.05) is 13.6 Å². The second kappa shape index (κ2) is 5.83. The average Bonchev–Trinajstić information content (AvgIpc) is 3.18. The van der Waals surface area contributed by atoms with Crippen LogP contribution < -0.4 is 10.6 Å². The van der Waals surface area contributed by atoms with Crippen LogP contribution in [0.4, 0.5) is 0 Å². The number of halogens is 1. The zero-order valence-corrected chi connectivity index (χ0v) is 13.0. The van der Waals surface area contributed by atoms with Crippen LogP contribution in [0.5, 0.6) is 0 Å². The summed E-state index contributed by atoms with van der Waals surface area (Å²) < 4.78 is 3.06. The molecule has 2 N–H and O–H groups in total. The highest BCUT2D eigenvalue weighted by Crippen LogP contribution is 2.27. The van der Waals surface area contributed by atoms with Crippen molar-refractivity contribution >= 4 is 27.5 Å². The van der Waals surface area contributed by atoms with Gasteiger partial charge in [-0.1, -0.05) is 0 Å². The molecule has 0 unspecified atom stereocenters. The number of hydrogen-bond acceptors (Lipinski definition) is 2. The summed E-state index contributed by atoms with van der Waals surface area (Å²) in [5.41, 5.74) is 1.95. The number of pyridine rings is 1. The third-order valence-corrected chi connectivity index (χ3v) is 3.85. The zero-order valence-electron chi connectivity index (χ0n) is 11.4.